The summed E-state index contributed by atoms with van der Waals surface area (Å²) in [6.07, 6.45) is 3.87. The third-order valence-corrected chi connectivity index (χ3v) is 5.17. The van der Waals surface area contributed by atoms with Crippen molar-refractivity contribution in [2.75, 3.05) is 25.5 Å². The van der Waals surface area contributed by atoms with E-state index in [4.69, 9.17) is 4.74 Å². The van der Waals surface area contributed by atoms with Crippen LogP contribution in [0, 0.1) is 12.7 Å². The molecule has 7 nitrogen and oxygen atoms in total. The molecule has 0 spiro atoms. The summed E-state index contributed by atoms with van der Waals surface area (Å²) in [4.78, 5) is 2.34. The minimum atomic E-state index is -0.311. The van der Waals surface area contributed by atoms with Crippen LogP contribution in [0.5, 0.6) is 5.75 Å². The second kappa shape index (κ2) is 8.57. The van der Waals surface area contributed by atoms with E-state index in [1.54, 1.807) is 16.8 Å². The van der Waals surface area contributed by atoms with Crippen LogP contribution in [-0.2, 0) is 6.54 Å². The van der Waals surface area contributed by atoms with E-state index in [1.807, 2.05) is 37.4 Å². The molecule has 0 bridgehead atoms. The Morgan fingerprint density at radius 1 is 1.14 bits per heavy atom. The summed E-state index contributed by atoms with van der Waals surface area (Å²) in [5.74, 6) is 1.44. The fraction of sp³-hybridized carbons (Fsp3) is 0.381. The smallest absolute Gasteiger partial charge is 0.175 e. The van der Waals surface area contributed by atoms with Crippen molar-refractivity contribution < 1.29 is 9.13 Å². The first-order valence-electron chi connectivity index (χ1n) is 9.78. The standard InChI is InChI=1S/C21H25FN6O/c1-15-7-12-28(26-15)21-6-5-20(24-25-21)23-17-8-10-27(11-9-17)14-16-3-4-19(29-2)18(22)13-16/h3-7,12-13,17H,8-11,14H2,1-2H3,(H,23,24). The molecule has 152 valence electrons. The molecule has 1 aromatic carbocycles. The predicted molar refractivity (Wildman–Crippen MR) is 109 cm³/mol. The number of aromatic nitrogens is 4. The van der Waals surface area contributed by atoms with Gasteiger partial charge in [0.2, 0.25) is 0 Å². The van der Waals surface area contributed by atoms with E-state index in [-0.39, 0.29) is 11.6 Å². The number of hydrogen-bond acceptors (Lipinski definition) is 6. The third kappa shape index (κ3) is 4.71. The molecule has 2 aromatic heterocycles. The SMILES string of the molecule is COc1ccc(CN2CCC(Nc3ccc(-n4ccc(C)n4)nn3)CC2)cc1F. The van der Waals surface area contributed by atoms with Crippen LogP contribution in [0.15, 0.2) is 42.6 Å². The van der Waals surface area contributed by atoms with Crippen molar-refractivity contribution >= 4 is 5.82 Å². The molecule has 3 heterocycles. The Morgan fingerprint density at radius 3 is 2.59 bits per heavy atom. The van der Waals surface area contributed by atoms with Crippen LogP contribution in [0.3, 0.4) is 0 Å². The first-order valence-corrected chi connectivity index (χ1v) is 9.78. The molecule has 1 aliphatic heterocycles. The molecule has 0 radical (unpaired) electrons. The Morgan fingerprint density at radius 2 is 1.97 bits per heavy atom. The van der Waals surface area contributed by atoms with Crippen molar-refractivity contribution in [2.24, 2.45) is 0 Å². The summed E-state index contributed by atoms with van der Waals surface area (Å²) in [5.41, 5.74) is 1.91. The van der Waals surface area contributed by atoms with Gasteiger partial charge in [-0.25, -0.2) is 9.07 Å². The van der Waals surface area contributed by atoms with Crippen molar-refractivity contribution in [1.29, 1.82) is 0 Å². The number of rotatable bonds is 6. The summed E-state index contributed by atoms with van der Waals surface area (Å²) in [7, 11) is 1.48. The minimum absolute atomic E-state index is 0.284. The Labute approximate surface area is 169 Å². The monoisotopic (exact) mass is 396 g/mol. The van der Waals surface area contributed by atoms with Crippen molar-refractivity contribution in [2.45, 2.75) is 32.4 Å². The number of benzene rings is 1. The van der Waals surface area contributed by atoms with Crippen LogP contribution >= 0.6 is 0 Å². The number of nitrogens with zero attached hydrogens (tertiary/aromatic N) is 5. The van der Waals surface area contributed by atoms with Gasteiger partial charge >= 0.3 is 0 Å². The van der Waals surface area contributed by atoms with E-state index in [9.17, 15) is 4.39 Å². The van der Waals surface area contributed by atoms with E-state index in [0.29, 0.717) is 11.9 Å². The van der Waals surface area contributed by atoms with Crippen LogP contribution in [0.4, 0.5) is 10.2 Å². The van der Waals surface area contributed by atoms with E-state index in [2.05, 4.69) is 25.5 Å². The van der Waals surface area contributed by atoms with Gasteiger partial charge < -0.3 is 10.1 Å². The molecule has 1 fully saturated rings. The van der Waals surface area contributed by atoms with Crippen LogP contribution in [0.1, 0.15) is 24.1 Å². The zero-order valence-electron chi connectivity index (χ0n) is 16.7. The maximum atomic E-state index is 13.9. The third-order valence-electron chi connectivity index (χ3n) is 5.17. The maximum absolute atomic E-state index is 13.9. The number of likely N-dealkylation sites (tertiary alicyclic amines) is 1. The van der Waals surface area contributed by atoms with Crippen LogP contribution in [0.2, 0.25) is 0 Å². The molecule has 0 saturated carbocycles. The van der Waals surface area contributed by atoms with Gasteiger partial charge in [-0.15, -0.1) is 10.2 Å². The van der Waals surface area contributed by atoms with Gasteiger partial charge in [-0.2, -0.15) is 5.10 Å². The number of aryl methyl sites for hydroxylation is 1. The predicted octanol–water partition coefficient (Wildman–Crippen LogP) is 3.19. The first-order chi connectivity index (χ1) is 14.1. The Kier molecular flexibility index (Phi) is 5.71. The molecule has 0 atom stereocenters. The summed E-state index contributed by atoms with van der Waals surface area (Å²) < 4.78 is 20.6. The Hall–Kier alpha value is -3.00. The fourth-order valence-corrected chi connectivity index (χ4v) is 3.58. The van der Waals surface area contributed by atoms with E-state index in [0.717, 1.165) is 49.6 Å². The molecule has 0 aliphatic carbocycles. The van der Waals surface area contributed by atoms with Crippen molar-refractivity contribution in [3.63, 3.8) is 0 Å². The van der Waals surface area contributed by atoms with Gasteiger partial charge in [-0.1, -0.05) is 6.07 Å². The topological polar surface area (TPSA) is 68.1 Å². The highest BCUT2D eigenvalue weighted by Crippen LogP contribution is 2.21. The number of anilines is 1. The molecular weight excluding hydrogens is 371 g/mol. The maximum Gasteiger partial charge on any atom is 0.175 e. The molecule has 1 saturated heterocycles. The zero-order chi connectivity index (χ0) is 20.2. The van der Waals surface area contributed by atoms with E-state index in [1.165, 1.54) is 7.11 Å². The number of methoxy groups -OCH3 is 1. The highest BCUT2D eigenvalue weighted by atomic mass is 19.1. The van der Waals surface area contributed by atoms with Crippen molar-refractivity contribution in [3.8, 4) is 11.6 Å². The number of piperidine rings is 1. The van der Waals surface area contributed by atoms with Crippen molar-refractivity contribution in [1.82, 2.24) is 24.9 Å². The van der Waals surface area contributed by atoms with Gasteiger partial charge in [0.15, 0.2) is 17.4 Å². The lowest BCUT2D eigenvalue weighted by Gasteiger charge is -2.32. The summed E-state index contributed by atoms with van der Waals surface area (Å²) >= 11 is 0. The second-order valence-corrected chi connectivity index (χ2v) is 7.34. The second-order valence-electron chi connectivity index (χ2n) is 7.34. The molecule has 3 aromatic rings. The van der Waals surface area contributed by atoms with Crippen molar-refractivity contribution in [3.05, 3.63) is 59.7 Å². The molecule has 0 amide bonds. The minimum Gasteiger partial charge on any atom is -0.494 e. The lowest BCUT2D eigenvalue weighted by Crippen LogP contribution is -2.38. The lowest BCUT2D eigenvalue weighted by molar-refractivity contribution is 0.211. The average Bonchev–Trinajstić information content (AvgIpc) is 3.16. The van der Waals surface area contributed by atoms with Gasteiger partial charge in [-0.3, -0.25) is 4.90 Å². The number of ether oxygens (including phenoxy) is 1. The highest BCUT2D eigenvalue weighted by Gasteiger charge is 2.20. The van der Waals surface area contributed by atoms with E-state index >= 15 is 0 Å². The van der Waals surface area contributed by atoms with Gasteiger partial charge in [0.25, 0.3) is 0 Å². The lowest BCUT2D eigenvalue weighted by atomic mass is 10.0. The average molecular weight is 396 g/mol. The molecule has 4 rings (SSSR count). The highest BCUT2D eigenvalue weighted by molar-refractivity contribution is 5.37. The van der Waals surface area contributed by atoms with Gasteiger partial charge in [0, 0.05) is 31.9 Å². The molecule has 1 aliphatic rings. The number of nitrogens with one attached hydrogen (secondary N) is 1. The fourth-order valence-electron chi connectivity index (χ4n) is 3.58. The first kappa shape index (κ1) is 19.3. The summed E-state index contributed by atoms with van der Waals surface area (Å²) in [6.45, 7) is 4.58. The zero-order valence-corrected chi connectivity index (χ0v) is 16.7. The molecule has 29 heavy (non-hydrogen) atoms. The molecule has 0 unspecified atom stereocenters. The molecule has 8 heteroatoms. The quantitative estimate of drug-likeness (QED) is 0.690. The number of hydrogen-bond donors (Lipinski definition) is 1. The molecule has 1 N–H and O–H groups in total. The van der Waals surface area contributed by atoms with Crippen LogP contribution in [0.25, 0.3) is 5.82 Å². The Balaban J connectivity index is 1.28. The van der Waals surface area contributed by atoms with E-state index < -0.39 is 0 Å². The summed E-state index contributed by atoms with van der Waals surface area (Å²) in [5, 5.41) is 16.3. The van der Waals surface area contributed by atoms with Gasteiger partial charge in [0.05, 0.1) is 12.8 Å². The summed E-state index contributed by atoms with van der Waals surface area (Å²) in [6, 6.07) is 11.3. The number of halogens is 1. The van der Waals surface area contributed by atoms with Crippen LogP contribution < -0.4 is 10.1 Å². The largest absolute Gasteiger partial charge is 0.494 e. The Bertz CT molecular complexity index is 950. The molecular formula is C21H25FN6O. The normalized spacial score (nSPS) is 15.4. The van der Waals surface area contributed by atoms with Crippen LogP contribution in [-0.4, -0.2) is 51.1 Å². The van der Waals surface area contributed by atoms with Gasteiger partial charge in [-0.05, 0) is 55.7 Å². The van der Waals surface area contributed by atoms with Gasteiger partial charge in [0.1, 0.15) is 5.82 Å².